The molecule has 0 unspecified atom stereocenters. The zero-order chi connectivity index (χ0) is 11.3. The van der Waals surface area contributed by atoms with Crippen LogP contribution in [0.15, 0.2) is 41.8 Å². The fourth-order valence-corrected chi connectivity index (χ4v) is 2.05. The minimum atomic E-state index is -0.560. The van der Waals surface area contributed by atoms with Crippen molar-refractivity contribution in [3.63, 3.8) is 0 Å². The van der Waals surface area contributed by atoms with Gasteiger partial charge in [0, 0.05) is 16.7 Å². The summed E-state index contributed by atoms with van der Waals surface area (Å²) < 4.78 is 27.2. The van der Waals surface area contributed by atoms with Crippen LogP contribution in [-0.2, 0) is 4.79 Å². The lowest BCUT2D eigenvalue weighted by atomic mass is 9.95. The van der Waals surface area contributed by atoms with Crippen LogP contribution < -0.4 is 0 Å². The van der Waals surface area contributed by atoms with Crippen LogP contribution in [0.2, 0.25) is 0 Å². The topological polar surface area (TPSA) is 17.1 Å². The summed E-state index contributed by atoms with van der Waals surface area (Å²) in [6, 6.07) is 4.47. The van der Waals surface area contributed by atoms with Gasteiger partial charge in [0.05, 0.1) is 0 Å². The van der Waals surface area contributed by atoms with E-state index in [0.29, 0.717) is 5.56 Å². The molecule has 0 bridgehead atoms. The summed E-state index contributed by atoms with van der Waals surface area (Å²) >= 11 is 0. The fraction of sp³-hybridized carbons (Fsp3) is 0. The van der Waals surface area contributed by atoms with Gasteiger partial charge in [-0.25, -0.2) is 8.78 Å². The third-order valence-corrected chi connectivity index (χ3v) is 2.75. The first-order chi connectivity index (χ1) is 7.68. The molecule has 3 heteroatoms. The molecule has 0 fully saturated rings. The van der Waals surface area contributed by atoms with E-state index >= 15 is 0 Å². The molecule has 0 radical (unpaired) electrons. The highest BCUT2D eigenvalue weighted by Gasteiger charge is 2.30. The maximum atomic E-state index is 13.6. The summed E-state index contributed by atoms with van der Waals surface area (Å²) in [5.74, 6) is -1.35. The van der Waals surface area contributed by atoms with Crippen LogP contribution in [0.4, 0.5) is 8.78 Å². The molecule has 0 aromatic heterocycles. The van der Waals surface area contributed by atoms with E-state index in [2.05, 4.69) is 0 Å². The molecule has 1 nitrogen and oxygen atoms in total. The minimum Gasteiger partial charge on any atom is -0.289 e. The summed E-state index contributed by atoms with van der Waals surface area (Å²) in [7, 11) is 0. The second-order valence-corrected chi connectivity index (χ2v) is 3.68. The van der Waals surface area contributed by atoms with Crippen LogP contribution in [0, 0.1) is 5.82 Å². The number of hydrogen-bond acceptors (Lipinski definition) is 1. The largest absolute Gasteiger partial charge is 0.289 e. The standard InChI is InChI=1S/C13H6F2O/c14-9-3-1-2-7-6-8-11(16)5-4-10(15)13(8)12(7)9/h1-6H. The van der Waals surface area contributed by atoms with Gasteiger partial charge in [0.1, 0.15) is 11.6 Å². The van der Waals surface area contributed by atoms with Gasteiger partial charge < -0.3 is 0 Å². The number of carbonyl (C=O) groups excluding carboxylic acids is 1. The smallest absolute Gasteiger partial charge is 0.186 e. The first kappa shape index (κ1) is 9.21. The zero-order valence-corrected chi connectivity index (χ0v) is 8.13. The van der Waals surface area contributed by atoms with E-state index in [1.165, 1.54) is 12.1 Å². The van der Waals surface area contributed by atoms with E-state index < -0.39 is 11.6 Å². The maximum Gasteiger partial charge on any atom is 0.186 e. The molecule has 0 amide bonds. The molecular formula is C13H6F2O. The summed E-state index contributed by atoms with van der Waals surface area (Å²) in [6.07, 6.45) is 3.77. The highest BCUT2D eigenvalue weighted by atomic mass is 19.1. The molecule has 0 spiro atoms. The lowest BCUT2D eigenvalue weighted by molar-refractivity contribution is -0.110. The first-order valence-electron chi connectivity index (χ1n) is 4.81. The lowest BCUT2D eigenvalue weighted by Crippen LogP contribution is -2.04. The Bertz CT molecular complexity index is 606. The number of fused-ring (bicyclic) bond motifs is 3. The molecule has 1 aromatic rings. The molecule has 0 aliphatic heterocycles. The maximum absolute atomic E-state index is 13.6. The van der Waals surface area contributed by atoms with E-state index in [1.807, 2.05) is 0 Å². The van der Waals surface area contributed by atoms with Gasteiger partial charge in [-0.15, -0.1) is 0 Å². The molecular weight excluding hydrogens is 210 g/mol. The fourth-order valence-electron chi connectivity index (χ4n) is 2.05. The Kier molecular flexibility index (Phi) is 1.72. The summed E-state index contributed by atoms with van der Waals surface area (Å²) in [5.41, 5.74) is 1.06. The van der Waals surface area contributed by atoms with Crippen molar-refractivity contribution in [2.45, 2.75) is 0 Å². The van der Waals surface area contributed by atoms with Gasteiger partial charge in [-0.3, -0.25) is 4.79 Å². The molecule has 16 heavy (non-hydrogen) atoms. The zero-order valence-electron chi connectivity index (χ0n) is 8.13. The number of ketones is 1. The van der Waals surface area contributed by atoms with Crippen molar-refractivity contribution in [1.82, 2.24) is 0 Å². The molecule has 78 valence electrons. The van der Waals surface area contributed by atoms with Crippen molar-refractivity contribution in [3.8, 4) is 0 Å². The van der Waals surface area contributed by atoms with Gasteiger partial charge in [0.15, 0.2) is 5.78 Å². The van der Waals surface area contributed by atoms with Crippen molar-refractivity contribution in [2.75, 3.05) is 0 Å². The minimum absolute atomic E-state index is 0.0839. The SMILES string of the molecule is O=C1C=CC(F)=C2C1=Cc1cccc(F)c12. The van der Waals surface area contributed by atoms with Crippen LogP contribution in [-0.4, -0.2) is 5.78 Å². The molecule has 0 saturated heterocycles. The predicted octanol–water partition coefficient (Wildman–Crippen LogP) is 3.04. The third-order valence-electron chi connectivity index (χ3n) is 2.75. The molecule has 1 aromatic carbocycles. The van der Waals surface area contributed by atoms with Crippen molar-refractivity contribution in [3.05, 3.63) is 58.7 Å². The highest BCUT2D eigenvalue weighted by Crippen LogP contribution is 2.42. The molecule has 0 heterocycles. The van der Waals surface area contributed by atoms with Crippen LogP contribution in [0.3, 0.4) is 0 Å². The van der Waals surface area contributed by atoms with Gasteiger partial charge in [-0.05, 0) is 29.9 Å². The van der Waals surface area contributed by atoms with Crippen molar-refractivity contribution >= 4 is 17.4 Å². The molecule has 0 saturated carbocycles. The van der Waals surface area contributed by atoms with Crippen LogP contribution in [0.5, 0.6) is 0 Å². The van der Waals surface area contributed by atoms with E-state index in [4.69, 9.17) is 0 Å². The molecule has 3 rings (SSSR count). The number of halogens is 2. The molecule has 2 aliphatic carbocycles. The normalized spacial score (nSPS) is 17.4. The Morgan fingerprint density at radius 1 is 1.06 bits per heavy atom. The molecule has 0 atom stereocenters. The first-order valence-corrected chi connectivity index (χ1v) is 4.81. The Morgan fingerprint density at radius 3 is 2.69 bits per heavy atom. The second kappa shape index (κ2) is 2.98. The van der Waals surface area contributed by atoms with Crippen LogP contribution in [0.25, 0.3) is 11.6 Å². The van der Waals surface area contributed by atoms with Gasteiger partial charge in [0.25, 0.3) is 0 Å². The number of benzene rings is 1. The van der Waals surface area contributed by atoms with Crippen LogP contribution >= 0.6 is 0 Å². The van der Waals surface area contributed by atoms with Gasteiger partial charge in [-0.2, -0.15) is 0 Å². The number of allylic oxidation sites excluding steroid dienone is 5. The monoisotopic (exact) mass is 216 g/mol. The lowest BCUT2D eigenvalue weighted by Gasteiger charge is -2.09. The number of rotatable bonds is 0. The number of hydrogen-bond donors (Lipinski definition) is 0. The quantitative estimate of drug-likeness (QED) is 0.651. The average Bonchev–Trinajstić information content (AvgIpc) is 2.65. The van der Waals surface area contributed by atoms with E-state index in [0.717, 1.165) is 12.2 Å². The van der Waals surface area contributed by atoms with E-state index in [1.54, 1.807) is 12.1 Å². The second-order valence-electron chi connectivity index (χ2n) is 3.68. The highest BCUT2D eigenvalue weighted by molar-refractivity contribution is 6.24. The summed E-state index contributed by atoms with van der Waals surface area (Å²) in [4.78, 5) is 11.5. The summed E-state index contributed by atoms with van der Waals surface area (Å²) in [6.45, 7) is 0. The van der Waals surface area contributed by atoms with Gasteiger partial charge >= 0.3 is 0 Å². The van der Waals surface area contributed by atoms with E-state index in [9.17, 15) is 13.6 Å². The van der Waals surface area contributed by atoms with Gasteiger partial charge in [-0.1, -0.05) is 12.1 Å². The number of carbonyl (C=O) groups is 1. The molecule has 2 aliphatic rings. The Labute approximate surface area is 90.4 Å². The Morgan fingerprint density at radius 2 is 1.88 bits per heavy atom. The Hall–Kier alpha value is -2.03. The van der Waals surface area contributed by atoms with Crippen molar-refractivity contribution in [2.24, 2.45) is 0 Å². The summed E-state index contributed by atoms with van der Waals surface area (Å²) in [5, 5.41) is 0. The van der Waals surface area contributed by atoms with Gasteiger partial charge in [0.2, 0.25) is 0 Å². The van der Waals surface area contributed by atoms with E-state index in [-0.39, 0.29) is 22.5 Å². The van der Waals surface area contributed by atoms with Crippen molar-refractivity contribution in [1.29, 1.82) is 0 Å². The molecule has 0 N–H and O–H groups in total. The Balaban J connectivity index is 2.37. The average molecular weight is 216 g/mol. The third kappa shape index (κ3) is 1.05. The van der Waals surface area contributed by atoms with Crippen molar-refractivity contribution < 1.29 is 13.6 Å². The van der Waals surface area contributed by atoms with Crippen LogP contribution in [0.1, 0.15) is 11.1 Å². The predicted molar refractivity (Wildman–Crippen MR) is 56.6 cm³/mol.